The second-order valence-electron chi connectivity index (χ2n) is 11.2. The molecule has 0 aromatic heterocycles. The van der Waals surface area contributed by atoms with Crippen molar-refractivity contribution >= 4 is 23.6 Å². The van der Waals surface area contributed by atoms with Gasteiger partial charge in [0, 0.05) is 12.5 Å². The molecule has 4 amide bonds. The van der Waals surface area contributed by atoms with Crippen LogP contribution in [-0.2, 0) is 19.2 Å². The predicted molar refractivity (Wildman–Crippen MR) is 121 cm³/mol. The van der Waals surface area contributed by atoms with Crippen LogP contribution >= 0.6 is 0 Å². The number of carbonyl (C=O) groups is 4. The van der Waals surface area contributed by atoms with Crippen LogP contribution in [0.4, 0.5) is 13.2 Å². The normalized spacial score (nSPS) is 19.4. The Morgan fingerprint density at radius 2 is 1.66 bits per heavy atom. The SMILES string of the molecule is CC(C)(C)C[C@H](NC(=O)[C@@H](NC(=O)C(F)(F)F)C(C)(C)C)C(=O)N[C@H](C#N)C[C@@H]1CCCNC1=O. The summed E-state index contributed by atoms with van der Waals surface area (Å²) in [6.07, 6.45) is -3.65. The molecule has 1 saturated heterocycles. The summed E-state index contributed by atoms with van der Waals surface area (Å²) in [4.78, 5) is 49.6. The zero-order valence-corrected chi connectivity index (χ0v) is 21.1. The van der Waals surface area contributed by atoms with E-state index in [1.165, 1.54) is 20.8 Å². The number of alkyl halides is 3. The number of hydrogen-bond donors (Lipinski definition) is 4. The Labute approximate surface area is 203 Å². The molecule has 1 heterocycles. The standard InChI is InChI=1S/C23H36F3N5O4/c1-21(2,3)11-15(18(33)29-14(12-27)10-13-8-7-9-28-17(13)32)30-19(34)16(22(4,5)6)31-20(35)23(24,25)26/h13-16H,7-11H2,1-6H3,(H,28,32)(H,29,33)(H,30,34)(H,31,35)/t13-,14-,15-,16+/m0/s1. The summed E-state index contributed by atoms with van der Waals surface area (Å²) >= 11 is 0. The first-order valence-corrected chi connectivity index (χ1v) is 11.5. The maximum Gasteiger partial charge on any atom is 0.471 e. The van der Waals surface area contributed by atoms with Gasteiger partial charge in [-0.25, -0.2) is 0 Å². The summed E-state index contributed by atoms with van der Waals surface area (Å²) in [6.45, 7) is 10.4. The second kappa shape index (κ2) is 11.7. The van der Waals surface area contributed by atoms with Crippen molar-refractivity contribution in [2.75, 3.05) is 6.54 Å². The summed E-state index contributed by atoms with van der Waals surface area (Å²) in [5, 5.41) is 18.9. The van der Waals surface area contributed by atoms with Crippen molar-refractivity contribution in [3.8, 4) is 6.07 Å². The van der Waals surface area contributed by atoms with E-state index in [-0.39, 0.29) is 18.7 Å². The van der Waals surface area contributed by atoms with Crippen LogP contribution in [0, 0.1) is 28.1 Å². The highest BCUT2D eigenvalue weighted by molar-refractivity contribution is 5.93. The van der Waals surface area contributed by atoms with E-state index in [0.29, 0.717) is 13.0 Å². The molecule has 0 radical (unpaired) electrons. The smallest absolute Gasteiger partial charge is 0.356 e. The Morgan fingerprint density at radius 1 is 1.06 bits per heavy atom. The van der Waals surface area contributed by atoms with E-state index in [0.717, 1.165) is 6.42 Å². The lowest BCUT2D eigenvalue weighted by molar-refractivity contribution is -0.175. The largest absolute Gasteiger partial charge is 0.471 e. The third kappa shape index (κ3) is 10.1. The van der Waals surface area contributed by atoms with Crippen molar-refractivity contribution in [3.63, 3.8) is 0 Å². The Hall–Kier alpha value is -2.84. The molecular formula is C23H36F3N5O4. The van der Waals surface area contributed by atoms with E-state index in [1.807, 2.05) is 6.07 Å². The van der Waals surface area contributed by atoms with Crippen LogP contribution in [0.3, 0.4) is 0 Å². The molecule has 198 valence electrons. The molecule has 1 aliphatic heterocycles. The molecule has 9 nitrogen and oxygen atoms in total. The molecule has 1 aliphatic rings. The quantitative estimate of drug-likeness (QED) is 0.401. The van der Waals surface area contributed by atoms with Crippen LogP contribution in [-0.4, -0.2) is 54.5 Å². The van der Waals surface area contributed by atoms with Crippen molar-refractivity contribution in [1.82, 2.24) is 21.3 Å². The number of halogens is 3. The summed E-state index contributed by atoms with van der Waals surface area (Å²) in [5.74, 6) is -4.56. The number of nitrogens with one attached hydrogen (secondary N) is 4. The molecule has 1 rings (SSSR count). The molecule has 4 atom stereocenters. The molecule has 0 bridgehead atoms. The minimum absolute atomic E-state index is 0.0938. The molecule has 35 heavy (non-hydrogen) atoms. The number of hydrogen-bond acceptors (Lipinski definition) is 5. The maximum atomic E-state index is 13.1. The average molecular weight is 504 g/mol. The average Bonchev–Trinajstić information content (AvgIpc) is 2.69. The van der Waals surface area contributed by atoms with Gasteiger partial charge >= 0.3 is 12.1 Å². The maximum absolute atomic E-state index is 13.1. The zero-order chi connectivity index (χ0) is 27.2. The van der Waals surface area contributed by atoms with Gasteiger partial charge in [0.05, 0.1) is 6.07 Å². The molecule has 0 unspecified atom stereocenters. The monoisotopic (exact) mass is 503 g/mol. The van der Waals surface area contributed by atoms with Gasteiger partial charge in [-0.3, -0.25) is 19.2 Å². The zero-order valence-electron chi connectivity index (χ0n) is 21.1. The fourth-order valence-corrected chi connectivity index (χ4v) is 3.73. The van der Waals surface area contributed by atoms with Crippen molar-refractivity contribution < 1.29 is 32.3 Å². The van der Waals surface area contributed by atoms with E-state index >= 15 is 0 Å². The van der Waals surface area contributed by atoms with Crippen molar-refractivity contribution in [1.29, 1.82) is 5.26 Å². The third-order valence-electron chi connectivity index (χ3n) is 5.50. The summed E-state index contributed by atoms with van der Waals surface area (Å²) in [6, 6.07) is -1.81. The number of piperidine rings is 1. The van der Waals surface area contributed by atoms with Crippen LogP contribution in [0.2, 0.25) is 0 Å². The first-order valence-electron chi connectivity index (χ1n) is 11.5. The molecule has 1 fully saturated rings. The third-order valence-corrected chi connectivity index (χ3v) is 5.50. The first kappa shape index (κ1) is 30.2. The molecule has 0 aromatic rings. The molecule has 12 heteroatoms. The molecule has 0 spiro atoms. The van der Waals surface area contributed by atoms with Gasteiger partial charge in [0.25, 0.3) is 0 Å². The van der Waals surface area contributed by atoms with Gasteiger partial charge in [-0.1, -0.05) is 41.5 Å². The first-order chi connectivity index (χ1) is 15.8. The van der Waals surface area contributed by atoms with Crippen LogP contribution in [0.25, 0.3) is 0 Å². The minimum atomic E-state index is -5.18. The van der Waals surface area contributed by atoms with Crippen molar-refractivity contribution in [2.45, 2.75) is 91.5 Å². The van der Waals surface area contributed by atoms with Crippen LogP contribution in [0.1, 0.15) is 67.2 Å². The fourth-order valence-electron chi connectivity index (χ4n) is 3.73. The van der Waals surface area contributed by atoms with Crippen LogP contribution in [0.5, 0.6) is 0 Å². The molecule has 0 aliphatic carbocycles. The Balaban J connectivity index is 3.05. The number of rotatable bonds is 8. The van der Waals surface area contributed by atoms with Crippen LogP contribution in [0.15, 0.2) is 0 Å². The van der Waals surface area contributed by atoms with Gasteiger partial charge in [-0.2, -0.15) is 18.4 Å². The van der Waals surface area contributed by atoms with E-state index in [4.69, 9.17) is 0 Å². The number of nitrogens with zero attached hydrogens (tertiary/aromatic N) is 1. The van der Waals surface area contributed by atoms with E-state index in [9.17, 15) is 37.6 Å². The lowest BCUT2D eigenvalue weighted by atomic mass is 9.84. The van der Waals surface area contributed by atoms with E-state index in [2.05, 4.69) is 16.0 Å². The Bertz CT molecular complexity index is 840. The number of carbonyl (C=O) groups excluding carboxylic acids is 4. The molecule has 0 aromatic carbocycles. The number of nitriles is 1. The lowest BCUT2D eigenvalue weighted by Gasteiger charge is -2.33. The topological polar surface area (TPSA) is 140 Å². The fraction of sp³-hybridized carbons (Fsp3) is 0.783. The molecular weight excluding hydrogens is 467 g/mol. The van der Waals surface area contributed by atoms with Gasteiger partial charge in [-0.15, -0.1) is 0 Å². The highest BCUT2D eigenvalue weighted by Gasteiger charge is 2.44. The van der Waals surface area contributed by atoms with Crippen LogP contribution < -0.4 is 21.3 Å². The van der Waals surface area contributed by atoms with Gasteiger partial charge in [0.1, 0.15) is 18.1 Å². The number of amides is 4. The minimum Gasteiger partial charge on any atom is -0.356 e. The van der Waals surface area contributed by atoms with E-state index < -0.39 is 58.8 Å². The van der Waals surface area contributed by atoms with Gasteiger partial charge < -0.3 is 21.3 Å². The lowest BCUT2D eigenvalue weighted by Crippen LogP contribution is -2.60. The molecule has 0 saturated carbocycles. The summed E-state index contributed by atoms with van der Waals surface area (Å²) in [5.41, 5.74) is -1.58. The Kier molecular flexibility index (Phi) is 10.1. The summed E-state index contributed by atoms with van der Waals surface area (Å²) < 4.78 is 38.4. The predicted octanol–water partition coefficient (Wildman–Crippen LogP) is 1.93. The highest BCUT2D eigenvalue weighted by atomic mass is 19.4. The van der Waals surface area contributed by atoms with E-state index in [1.54, 1.807) is 26.1 Å². The summed E-state index contributed by atoms with van der Waals surface area (Å²) in [7, 11) is 0. The van der Waals surface area contributed by atoms with Gasteiger partial charge in [-0.05, 0) is 36.5 Å². The highest BCUT2D eigenvalue weighted by Crippen LogP contribution is 2.25. The van der Waals surface area contributed by atoms with Gasteiger partial charge in [0.2, 0.25) is 17.7 Å². The molecule has 4 N–H and O–H groups in total. The van der Waals surface area contributed by atoms with Crippen molar-refractivity contribution in [3.05, 3.63) is 0 Å². The van der Waals surface area contributed by atoms with Crippen molar-refractivity contribution in [2.24, 2.45) is 16.7 Å². The Morgan fingerprint density at radius 3 is 2.11 bits per heavy atom. The van der Waals surface area contributed by atoms with Gasteiger partial charge in [0.15, 0.2) is 0 Å². The second-order valence-corrected chi connectivity index (χ2v) is 11.2.